The molecule has 0 fully saturated rings. The van der Waals surface area contributed by atoms with E-state index in [4.69, 9.17) is 5.73 Å². The highest BCUT2D eigenvalue weighted by Gasteiger charge is 2.07. The predicted molar refractivity (Wildman–Crippen MR) is 59.0 cm³/mol. The molecule has 1 aromatic rings. The van der Waals surface area contributed by atoms with Crippen molar-refractivity contribution in [3.05, 3.63) is 22.9 Å². The summed E-state index contributed by atoms with van der Waals surface area (Å²) in [4.78, 5) is 16.7. The third kappa shape index (κ3) is 2.99. The van der Waals surface area contributed by atoms with Crippen LogP contribution in [0.2, 0.25) is 0 Å². The van der Waals surface area contributed by atoms with Crippen molar-refractivity contribution in [3.63, 3.8) is 0 Å². The smallest absolute Gasteiger partial charge is 0.236 e. The SMILES string of the molecule is CCN(CC(N)=O)c1cncc(Br)c1. The largest absolute Gasteiger partial charge is 0.368 e. The first-order valence-electron chi connectivity index (χ1n) is 4.27. The molecule has 1 aromatic heterocycles. The number of carbonyl (C=O) groups is 1. The Morgan fingerprint density at radius 2 is 2.36 bits per heavy atom. The van der Waals surface area contributed by atoms with Crippen LogP contribution in [0.15, 0.2) is 22.9 Å². The van der Waals surface area contributed by atoms with E-state index in [0.717, 1.165) is 16.7 Å². The van der Waals surface area contributed by atoms with Crippen LogP contribution in [-0.4, -0.2) is 24.0 Å². The lowest BCUT2D eigenvalue weighted by Gasteiger charge is -2.20. The van der Waals surface area contributed by atoms with Gasteiger partial charge in [-0.15, -0.1) is 0 Å². The van der Waals surface area contributed by atoms with E-state index in [9.17, 15) is 4.79 Å². The van der Waals surface area contributed by atoms with Gasteiger partial charge in [-0.2, -0.15) is 0 Å². The van der Waals surface area contributed by atoms with Gasteiger partial charge in [0.1, 0.15) is 0 Å². The van der Waals surface area contributed by atoms with Crippen molar-refractivity contribution in [1.82, 2.24) is 4.98 Å². The molecule has 1 heterocycles. The average Bonchev–Trinajstić information content (AvgIpc) is 2.14. The fourth-order valence-corrected chi connectivity index (χ4v) is 1.50. The summed E-state index contributed by atoms with van der Waals surface area (Å²) in [7, 11) is 0. The molecule has 14 heavy (non-hydrogen) atoms. The number of aromatic nitrogens is 1. The minimum Gasteiger partial charge on any atom is -0.368 e. The van der Waals surface area contributed by atoms with Gasteiger partial charge in [-0.25, -0.2) is 0 Å². The molecule has 1 amide bonds. The van der Waals surface area contributed by atoms with E-state index in [-0.39, 0.29) is 12.5 Å². The summed E-state index contributed by atoms with van der Waals surface area (Å²) in [5, 5.41) is 0. The molecule has 0 spiro atoms. The number of rotatable bonds is 4. The van der Waals surface area contributed by atoms with Gasteiger partial charge in [0, 0.05) is 17.2 Å². The second-order valence-corrected chi connectivity index (χ2v) is 3.76. The van der Waals surface area contributed by atoms with Crippen LogP contribution in [-0.2, 0) is 4.79 Å². The summed E-state index contributed by atoms with van der Waals surface area (Å²) in [6, 6.07) is 1.90. The topological polar surface area (TPSA) is 59.2 Å². The normalized spacial score (nSPS) is 9.86. The van der Waals surface area contributed by atoms with E-state index < -0.39 is 0 Å². The van der Waals surface area contributed by atoms with Crippen molar-refractivity contribution in [2.45, 2.75) is 6.92 Å². The van der Waals surface area contributed by atoms with Gasteiger partial charge < -0.3 is 10.6 Å². The van der Waals surface area contributed by atoms with Crippen LogP contribution < -0.4 is 10.6 Å². The molecule has 0 aromatic carbocycles. The number of nitrogens with zero attached hydrogens (tertiary/aromatic N) is 2. The second-order valence-electron chi connectivity index (χ2n) is 2.84. The van der Waals surface area contributed by atoms with Crippen molar-refractivity contribution < 1.29 is 4.79 Å². The van der Waals surface area contributed by atoms with E-state index >= 15 is 0 Å². The number of primary amides is 1. The highest BCUT2D eigenvalue weighted by Crippen LogP contribution is 2.17. The number of carbonyl (C=O) groups excluding carboxylic acids is 1. The Morgan fingerprint density at radius 1 is 1.64 bits per heavy atom. The molecule has 0 saturated carbocycles. The molecule has 0 saturated heterocycles. The molecule has 2 N–H and O–H groups in total. The monoisotopic (exact) mass is 257 g/mol. The molecule has 0 aliphatic rings. The molecule has 0 unspecified atom stereocenters. The second kappa shape index (κ2) is 4.95. The van der Waals surface area contributed by atoms with Gasteiger partial charge >= 0.3 is 0 Å². The lowest BCUT2D eigenvalue weighted by molar-refractivity contribution is -0.116. The Bertz CT molecular complexity index is 330. The van der Waals surface area contributed by atoms with Gasteiger partial charge in [0.2, 0.25) is 5.91 Å². The van der Waals surface area contributed by atoms with Gasteiger partial charge in [0.15, 0.2) is 0 Å². The maximum absolute atomic E-state index is 10.8. The number of hydrogen-bond acceptors (Lipinski definition) is 3. The number of amides is 1. The summed E-state index contributed by atoms with van der Waals surface area (Å²) < 4.78 is 0.887. The Hall–Kier alpha value is -1.10. The number of pyridine rings is 1. The standard InChI is InChI=1S/C9H12BrN3O/c1-2-13(6-9(11)14)8-3-7(10)4-12-5-8/h3-5H,2,6H2,1H3,(H2,11,14). The van der Waals surface area contributed by atoms with E-state index in [2.05, 4.69) is 20.9 Å². The van der Waals surface area contributed by atoms with E-state index in [1.807, 2.05) is 17.9 Å². The first-order chi connectivity index (χ1) is 6.63. The highest BCUT2D eigenvalue weighted by atomic mass is 79.9. The molecule has 0 aliphatic carbocycles. The van der Waals surface area contributed by atoms with Crippen molar-refractivity contribution in [1.29, 1.82) is 0 Å². The third-order valence-corrected chi connectivity index (χ3v) is 2.22. The van der Waals surface area contributed by atoms with Crippen LogP contribution in [0.5, 0.6) is 0 Å². The molecular weight excluding hydrogens is 246 g/mol. The van der Waals surface area contributed by atoms with Crippen LogP contribution in [0.25, 0.3) is 0 Å². The van der Waals surface area contributed by atoms with Gasteiger partial charge in [-0.3, -0.25) is 9.78 Å². The Morgan fingerprint density at radius 3 is 2.86 bits per heavy atom. The number of likely N-dealkylation sites (N-methyl/N-ethyl adjacent to an activating group) is 1. The maximum atomic E-state index is 10.8. The molecule has 1 rings (SSSR count). The number of nitrogens with two attached hydrogens (primary N) is 1. The van der Waals surface area contributed by atoms with E-state index in [1.165, 1.54) is 0 Å². The van der Waals surface area contributed by atoms with Gasteiger partial charge in [0.25, 0.3) is 0 Å². The summed E-state index contributed by atoms with van der Waals surface area (Å²) >= 11 is 3.32. The number of hydrogen-bond donors (Lipinski definition) is 1. The fraction of sp³-hybridized carbons (Fsp3) is 0.333. The Balaban J connectivity index is 2.83. The van der Waals surface area contributed by atoms with Crippen molar-refractivity contribution in [2.75, 3.05) is 18.0 Å². The number of anilines is 1. The van der Waals surface area contributed by atoms with Gasteiger partial charge in [-0.1, -0.05) is 0 Å². The van der Waals surface area contributed by atoms with Crippen LogP contribution in [0.4, 0.5) is 5.69 Å². The molecule has 0 bridgehead atoms. The number of halogens is 1. The zero-order chi connectivity index (χ0) is 10.6. The lowest BCUT2D eigenvalue weighted by Crippen LogP contribution is -2.33. The van der Waals surface area contributed by atoms with Crippen LogP contribution in [0.3, 0.4) is 0 Å². The molecule has 0 atom stereocenters. The highest BCUT2D eigenvalue weighted by molar-refractivity contribution is 9.10. The molecule has 0 radical (unpaired) electrons. The molecule has 76 valence electrons. The molecule has 4 nitrogen and oxygen atoms in total. The average molecular weight is 258 g/mol. The minimum absolute atomic E-state index is 0.217. The predicted octanol–water partition coefficient (Wildman–Crippen LogP) is 1.16. The van der Waals surface area contributed by atoms with E-state index in [0.29, 0.717) is 0 Å². The van der Waals surface area contributed by atoms with E-state index in [1.54, 1.807) is 12.4 Å². The summed E-state index contributed by atoms with van der Waals surface area (Å²) in [5.41, 5.74) is 6.02. The first kappa shape index (κ1) is 11.0. The van der Waals surface area contributed by atoms with Gasteiger partial charge in [0.05, 0.1) is 18.4 Å². The summed E-state index contributed by atoms with van der Waals surface area (Å²) in [6.07, 6.45) is 3.40. The van der Waals surface area contributed by atoms with Crippen molar-refractivity contribution in [2.24, 2.45) is 5.73 Å². The molecular formula is C9H12BrN3O. The lowest BCUT2D eigenvalue weighted by atomic mass is 10.3. The molecule has 5 heteroatoms. The van der Waals surface area contributed by atoms with Crippen molar-refractivity contribution >= 4 is 27.5 Å². The first-order valence-corrected chi connectivity index (χ1v) is 5.06. The van der Waals surface area contributed by atoms with Gasteiger partial charge in [-0.05, 0) is 28.9 Å². The van der Waals surface area contributed by atoms with Crippen molar-refractivity contribution in [3.8, 4) is 0 Å². The van der Waals surface area contributed by atoms with Crippen LogP contribution in [0.1, 0.15) is 6.92 Å². The summed E-state index contributed by atoms with van der Waals surface area (Å²) in [6.45, 7) is 2.90. The zero-order valence-electron chi connectivity index (χ0n) is 7.90. The van der Waals surface area contributed by atoms with Crippen LogP contribution >= 0.6 is 15.9 Å². The zero-order valence-corrected chi connectivity index (χ0v) is 9.49. The minimum atomic E-state index is -0.341. The Kier molecular flexibility index (Phi) is 3.88. The fourth-order valence-electron chi connectivity index (χ4n) is 1.15. The maximum Gasteiger partial charge on any atom is 0.236 e. The third-order valence-electron chi connectivity index (χ3n) is 1.78. The molecule has 0 aliphatic heterocycles. The summed E-state index contributed by atoms with van der Waals surface area (Å²) in [5.74, 6) is -0.341. The van der Waals surface area contributed by atoms with Crippen LogP contribution in [0, 0.1) is 0 Å². The Labute approximate surface area is 91.2 Å². The quantitative estimate of drug-likeness (QED) is 0.881.